The third kappa shape index (κ3) is 3.11. The number of pyridine rings is 3. The molecule has 2 aliphatic rings. The van der Waals surface area contributed by atoms with E-state index in [1.807, 2.05) is 36.7 Å². The maximum absolute atomic E-state index is 5.08. The molecule has 0 unspecified atom stereocenters. The summed E-state index contributed by atoms with van der Waals surface area (Å²) in [6.07, 6.45) is 5.05. The summed E-state index contributed by atoms with van der Waals surface area (Å²) in [6, 6.07) is 19.0. The van der Waals surface area contributed by atoms with Crippen molar-refractivity contribution in [2.24, 2.45) is 0 Å². The Morgan fingerprint density at radius 2 is 1.77 bits per heavy atom. The summed E-state index contributed by atoms with van der Waals surface area (Å²) in [5, 5.41) is 3.49. The lowest BCUT2D eigenvalue weighted by Gasteiger charge is -2.26. The fourth-order valence-corrected chi connectivity index (χ4v) is 4.67. The summed E-state index contributed by atoms with van der Waals surface area (Å²) < 4.78 is 0. The highest BCUT2D eigenvalue weighted by molar-refractivity contribution is 5.98. The molecule has 0 radical (unpaired) electrons. The highest BCUT2D eigenvalue weighted by Gasteiger charge is 2.33. The zero-order chi connectivity index (χ0) is 20.8. The minimum atomic E-state index is 0.492. The lowest BCUT2D eigenvalue weighted by Crippen LogP contribution is -2.38. The smallest absolute Gasteiger partial charge is 0.115 e. The first kappa shape index (κ1) is 18.3. The quantitative estimate of drug-likeness (QED) is 0.554. The van der Waals surface area contributed by atoms with Crippen molar-refractivity contribution in [3.05, 3.63) is 67.0 Å². The van der Waals surface area contributed by atoms with Gasteiger partial charge in [-0.3, -0.25) is 9.97 Å². The van der Waals surface area contributed by atoms with Gasteiger partial charge in [-0.2, -0.15) is 0 Å². The molecule has 4 aromatic rings. The average molecular weight is 409 g/mol. The second kappa shape index (κ2) is 7.32. The van der Waals surface area contributed by atoms with Crippen LogP contribution in [0.25, 0.3) is 33.5 Å². The van der Waals surface area contributed by atoms with E-state index in [-0.39, 0.29) is 0 Å². The third-order valence-corrected chi connectivity index (χ3v) is 6.33. The maximum Gasteiger partial charge on any atom is 0.115 e. The molecule has 6 heteroatoms. The molecule has 31 heavy (non-hydrogen) atoms. The SMILES string of the molecule is CN1CN([C@H]2CCNC2)c2c1cnc1ccc(-c3ccc(-c4ccccc4)nc3)nc21. The van der Waals surface area contributed by atoms with E-state index in [0.717, 1.165) is 65.4 Å². The van der Waals surface area contributed by atoms with Crippen molar-refractivity contribution in [1.82, 2.24) is 20.3 Å². The Bertz CT molecular complexity index is 1230. The summed E-state index contributed by atoms with van der Waals surface area (Å²) >= 11 is 0. The Kier molecular flexibility index (Phi) is 4.32. The number of hydrogen-bond acceptors (Lipinski definition) is 6. The summed E-state index contributed by atoms with van der Waals surface area (Å²) in [5.41, 5.74) is 8.29. The predicted octanol–water partition coefficient (Wildman–Crippen LogP) is 3.93. The van der Waals surface area contributed by atoms with Crippen molar-refractivity contribution in [2.75, 3.05) is 36.6 Å². The summed E-state index contributed by atoms with van der Waals surface area (Å²) in [4.78, 5) is 19.2. The lowest BCUT2D eigenvalue weighted by molar-refractivity contribution is 0.649. The van der Waals surface area contributed by atoms with Gasteiger partial charge in [-0.05, 0) is 37.2 Å². The van der Waals surface area contributed by atoms with Gasteiger partial charge in [0.05, 0.1) is 41.1 Å². The summed E-state index contributed by atoms with van der Waals surface area (Å²) in [7, 11) is 2.13. The van der Waals surface area contributed by atoms with E-state index in [4.69, 9.17) is 9.97 Å². The molecule has 0 aliphatic carbocycles. The van der Waals surface area contributed by atoms with Crippen molar-refractivity contribution in [3.63, 3.8) is 0 Å². The van der Waals surface area contributed by atoms with Gasteiger partial charge >= 0.3 is 0 Å². The summed E-state index contributed by atoms with van der Waals surface area (Å²) in [6.45, 7) is 2.96. The van der Waals surface area contributed by atoms with E-state index in [1.165, 1.54) is 5.69 Å². The number of rotatable bonds is 3. The van der Waals surface area contributed by atoms with Crippen molar-refractivity contribution in [3.8, 4) is 22.5 Å². The zero-order valence-electron chi connectivity index (χ0n) is 17.5. The van der Waals surface area contributed by atoms with Gasteiger partial charge in [0, 0.05) is 37.0 Å². The Morgan fingerprint density at radius 3 is 2.55 bits per heavy atom. The number of aromatic nitrogens is 3. The Morgan fingerprint density at radius 1 is 0.903 bits per heavy atom. The average Bonchev–Trinajstić information content (AvgIpc) is 3.48. The molecule has 5 heterocycles. The molecular weight excluding hydrogens is 384 g/mol. The molecule has 1 saturated heterocycles. The molecular formula is C25H24N6. The van der Waals surface area contributed by atoms with Crippen molar-refractivity contribution in [1.29, 1.82) is 0 Å². The first-order valence-electron chi connectivity index (χ1n) is 10.8. The zero-order valence-corrected chi connectivity index (χ0v) is 17.5. The Labute approximate surface area is 181 Å². The van der Waals surface area contributed by atoms with Gasteiger partial charge in [-0.1, -0.05) is 30.3 Å². The fourth-order valence-electron chi connectivity index (χ4n) is 4.67. The van der Waals surface area contributed by atoms with Crippen LogP contribution >= 0.6 is 0 Å². The second-order valence-electron chi connectivity index (χ2n) is 8.31. The molecule has 1 N–H and O–H groups in total. The molecule has 1 atom stereocenters. The molecule has 2 aliphatic heterocycles. The minimum Gasteiger partial charge on any atom is -0.354 e. The first-order chi connectivity index (χ1) is 15.3. The number of anilines is 2. The topological polar surface area (TPSA) is 57.2 Å². The molecule has 1 aromatic carbocycles. The standard InChI is InChI=1S/C25H24N6/c1-30-16-31(19-11-12-26-14-19)25-23(30)15-28-22-10-9-21(29-24(22)25)18-7-8-20(27-13-18)17-5-3-2-4-6-17/h2-10,13,15,19,26H,11-12,14,16H2,1H3/t19-/m0/s1. The van der Waals surface area contributed by atoms with Gasteiger partial charge in [0.25, 0.3) is 0 Å². The van der Waals surface area contributed by atoms with E-state index in [0.29, 0.717) is 6.04 Å². The maximum atomic E-state index is 5.08. The van der Waals surface area contributed by atoms with Gasteiger partial charge in [-0.15, -0.1) is 0 Å². The number of benzene rings is 1. The van der Waals surface area contributed by atoms with Crippen molar-refractivity contribution < 1.29 is 0 Å². The van der Waals surface area contributed by atoms with Gasteiger partial charge < -0.3 is 15.1 Å². The number of nitrogens with zero attached hydrogens (tertiary/aromatic N) is 5. The Balaban J connectivity index is 1.42. The number of nitrogens with one attached hydrogen (secondary N) is 1. The normalized spacial score (nSPS) is 18.0. The van der Waals surface area contributed by atoms with Gasteiger partial charge in [0.1, 0.15) is 5.52 Å². The van der Waals surface area contributed by atoms with Crippen LogP contribution in [0, 0.1) is 0 Å². The van der Waals surface area contributed by atoms with E-state index in [1.54, 1.807) is 0 Å². The van der Waals surface area contributed by atoms with Crippen LogP contribution in [0.1, 0.15) is 6.42 Å². The monoisotopic (exact) mass is 408 g/mol. The van der Waals surface area contributed by atoms with E-state index < -0.39 is 0 Å². The molecule has 1 fully saturated rings. The van der Waals surface area contributed by atoms with Crippen LogP contribution in [-0.2, 0) is 0 Å². The molecule has 6 rings (SSSR count). The molecule has 0 amide bonds. The van der Waals surface area contributed by atoms with Crippen LogP contribution in [0.3, 0.4) is 0 Å². The number of fused-ring (bicyclic) bond motifs is 3. The van der Waals surface area contributed by atoms with Crippen molar-refractivity contribution >= 4 is 22.4 Å². The van der Waals surface area contributed by atoms with Crippen LogP contribution < -0.4 is 15.1 Å². The van der Waals surface area contributed by atoms with E-state index in [2.05, 4.69) is 57.5 Å². The third-order valence-electron chi connectivity index (χ3n) is 6.33. The molecule has 0 saturated carbocycles. The van der Waals surface area contributed by atoms with Crippen LogP contribution in [0.2, 0.25) is 0 Å². The molecule has 0 bridgehead atoms. The lowest BCUT2D eigenvalue weighted by atomic mass is 10.1. The highest BCUT2D eigenvalue weighted by Crippen LogP contribution is 2.41. The van der Waals surface area contributed by atoms with Crippen LogP contribution in [-0.4, -0.2) is 47.8 Å². The second-order valence-corrected chi connectivity index (χ2v) is 8.31. The van der Waals surface area contributed by atoms with Crippen LogP contribution in [0.4, 0.5) is 11.4 Å². The van der Waals surface area contributed by atoms with Crippen molar-refractivity contribution in [2.45, 2.75) is 12.5 Å². The molecule has 6 nitrogen and oxygen atoms in total. The number of hydrogen-bond donors (Lipinski definition) is 1. The van der Waals surface area contributed by atoms with Crippen LogP contribution in [0.15, 0.2) is 67.0 Å². The van der Waals surface area contributed by atoms with Crippen LogP contribution in [0.5, 0.6) is 0 Å². The van der Waals surface area contributed by atoms with Gasteiger partial charge in [0.2, 0.25) is 0 Å². The summed E-state index contributed by atoms with van der Waals surface area (Å²) in [5.74, 6) is 0. The molecule has 154 valence electrons. The molecule has 3 aromatic heterocycles. The van der Waals surface area contributed by atoms with E-state index in [9.17, 15) is 0 Å². The fraction of sp³-hybridized carbons (Fsp3) is 0.240. The first-order valence-corrected chi connectivity index (χ1v) is 10.8. The van der Waals surface area contributed by atoms with Gasteiger partial charge in [0.15, 0.2) is 0 Å². The largest absolute Gasteiger partial charge is 0.354 e. The predicted molar refractivity (Wildman–Crippen MR) is 125 cm³/mol. The minimum absolute atomic E-state index is 0.492. The highest BCUT2D eigenvalue weighted by atomic mass is 15.4. The molecule has 0 spiro atoms. The van der Waals surface area contributed by atoms with Gasteiger partial charge in [-0.25, -0.2) is 4.98 Å². The Hall–Kier alpha value is -3.51. The van der Waals surface area contributed by atoms with E-state index >= 15 is 0 Å².